The van der Waals surface area contributed by atoms with Crippen LogP contribution in [0.2, 0.25) is 0 Å². The highest BCUT2D eigenvalue weighted by Crippen LogP contribution is 2.38. The lowest BCUT2D eigenvalue weighted by Crippen LogP contribution is -2.30. The van der Waals surface area contributed by atoms with E-state index >= 15 is 0 Å². The zero-order valence-corrected chi connectivity index (χ0v) is 19.5. The summed E-state index contributed by atoms with van der Waals surface area (Å²) in [6, 6.07) is 18.0. The Bertz CT molecular complexity index is 959. The van der Waals surface area contributed by atoms with Crippen molar-refractivity contribution in [3.05, 3.63) is 83.7 Å². The summed E-state index contributed by atoms with van der Waals surface area (Å²) in [4.78, 5) is 27.7. The summed E-state index contributed by atoms with van der Waals surface area (Å²) in [6.45, 7) is 5.20. The Labute approximate surface area is 195 Å². The van der Waals surface area contributed by atoms with Crippen molar-refractivity contribution in [2.45, 2.75) is 26.2 Å². The second kappa shape index (κ2) is 12.0. The normalized spacial score (nSPS) is 13.8. The van der Waals surface area contributed by atoms with Crippen LogP contribution in [0, 0.1) is 0 Å². The average molecular weight is 450 g/mol. The van der Waals surface area contributed by atoms with E-state index in [2.05, 4.69) is 0 Å². The second-order valence-corrected chi connectivity index (χ2v) is 7.62. The Balaban J connectivity index is 2.01. The molecule has 6 nitrogen and oxygen atoms in total. The van der Waals surface area contributed by atoms with E-state index in [1.54, 1.807) is 33.4 Å². The molecule has 174 valence electrons. The molecule has 2 aromatic rings. The van der Waals surface area contributed by atoms with E-state index in [9.17, 15) is 9.59 Å². The molecule has 1 aliphatic heterocycles. The largest absolute Gasteiger partial charge is 0.463 e. The Morgan fingerprint density at radius 2 is 1.36 bits per heavy atom. The van der Waals surface area contributed by atoms with Gasteiger partial charge in [-0.25, -0.2) is 9.59 Å². The number of esters is 2. The van der Waals surface area contributed by atoms with Crippen LogP contribution in [0.4, 0.5) is 0 Å². The van der Waals surface area contributed by atoms with Gasteiger partial charge >= 0.3 is 11.9 Å². The van der Waals surface area contributed by atoms with Crippen LogP contribution in [0.1, 0.15) is 31.7 Å². The van der Waals surface area contributed by atoms with Crippen molar-refractivity contribution in [3.63, 3.8) is 0 Å². The summed E-state index contributed by atoms with van der Waals surface area (Å²) in [7, 11) is 1.64. The van der Waals surface area contributed by atoms with E-state index in [0.29, 0.717) is 24.3 Å². The van der Waals surface area contributed by atoms with Gasteiger partial charge in [0, 0.05) is 32.7 Å². The van der Waals surface area contributed by atoms with Crippen molar-refractivity contribution in [1.29, 1.82) is 0 Å². The molecule has 0 bridgehead atoms. The van der Waals surface area contributed by atoms with Gasteiger partial charge in [-0.15, -0.1) is 0 Å². The minimum Gasteiger partial charge on any atom is -0.463 e. The van der Waals surface area contributed by atoms with Gasteiger partial charge in [0.2, 0.25) is 0 Å². The van der Waals surface area contributed by atoms with E-state index in [1.165, 1.54) is 0 Å². The number of benzene rings is 2. The first kappa shape index (κ1) is 24.3. The van der Waals surface area contributed by atoms with Crippen LogP contribution in [-0.4, -0.2) is 50.3 Å². The molecule has 33 heavy (non-hydrogen) atoms. The van der Waals surface area contributed by atoms with Crippen LogP contribution >= 0.6 is 0 Å². The summed E-state index contributed by atoms with van der Waals surface area (Å²) in [5.74, 6) is -1.46. The molecule has 0 radical (unpaired) electrons. The van der Waals surface area contributed by atoms with Gasteiger partial charge in [-0.05, 0) is 37.0 Å². The number of carbonyl (C=O) groups is 2. The van der Waals surface area contributed by atoms with Crippen molar-refractivity contribution in [1.82, 2.24) is 4.90 Å². The van der Waals surface area contributed by atoms with Crippen LogP contribution in [-0.2, 0) is 23.8 Å². The highest BCUT2D eigenvalue weighted by Gasteiger charge is 2.35. The van der Waals surface area contributed by atoms with Crippen LogP contribution in [0.15, 0.2) is 78.1 Å². The molecule has 0 saturated carbocycles. The number of hydrogen-bond donors (Lipinski definition) is 0. The molecule has 0 saturated heterocycles. The summed E-state index contributed by atoms with van der Waals surface area (Å²) >= 11 is 0. The van der Waals surface area contributed by atoms with Crippen LogP contribution in [0.25, 0.3) is 11.1 Å². The zero-order valence-electron chi connectivity index (χ0n) is 19.5. The monoisotopic (exact) mass is 449 g/mol. The fourth-order valence-electron chi connectivity index (χ4n) is 3.86. The van der Waals surface area contributed by atoms with E-state index in [-0.39, 0.29) is 13.2 Å². The lowest BCUT2D eigenvalue weighted by atomic mass is 9.82. The van der Waals surface area contributed by atoms with E-state index in [0.717, 1.165) is 23.1 Å². The minimum atomic E-state index is -0.577. The maximum Gasteiger partial charge on any atom is 0.336 e. The summed E-state index contributed by atoms with van der Waals surface area (Å²) < 4.78 is 15.8. The van der Waals surface area contributed by atoms with Gasteiger partial charge in [0.25, 0.3) is 0 Å². The van der Waals surface area contributed by atoms with Gasteiger partial charge in [-0.2, -0.15) is 0 Å². The first-order chi connectivity index (χ1) is 16.1. The lowest BCUT2D eigenvalue weighted by Gasteiger charge is -2.30. The number of carbonyl (C=O) groups excluding carboxylic acids is 2. The van der Waals surface area contributed by atoms with Crippen molar-refractivity contribution < 1.29 is 23.8 Å². The van der Waals surface area contributed by atoms with Gasteiger partial charge in [0.1, 0.15) is 0 Å². The topological polar surface area (TPSA) is 65.1 Å². The number of rotatable bonds is 10. The van der Waals surface area contributed by atoms with Gasteiger partial charge in [0.05, 0.1) is 30.3 Å². The fraction of sp³-hybridized carbons (Fsp3) is 0.333. The molecule has 0 amide bonds. The molecule has 0 spiro atoms. The Hall–Kier alpha value is -3.38. The zero-order chi connectivity index (χ0) is 23.6. The fourth-order valence-corrected chi connectivity index (χ4v) is 3.86. The molecule has 0 atom stereocenters. The number of hydrogen-bond acceptors (Lipinski definition) is 6. The molecule has 2 aromatic carbocycles. The average Bonchev–Trinajstić information content (AvgIpc) is 2.84. The van der Waals surface area contributed by atoms with E-state index < -0.39 is 17.9 Å². The van der Waals surface area contributed by atoms with Crippen LogP contribution in [0.5, 0.6) is 0 Å². The third-order valence-corrected chi connectivity index (χ3v) is 5.37. The maximum absolute atomic E-state index is 13.0. The molecule has 0 unspecified atom stereocenters. The molecular formula is C27H31NO5. The van der Waals surface area contributed by atoms with Crippen molar-refractivity contribution in [2.24, 2.45) is 0 Å². The maximum atomic E-state index is 13.0. The highest BCUT2D eigenvalue weighted by molar-refractivity contribution is 5.98. The van der Waals surface area contributed by atoms with Gasteiger partial charge in [-0.3, -0.25) is 0 Å². The first-order valence-corrected chi connectivity index (χ1v) is 11.3. The summed E-state index contributed by atoms with van der Waals surface area (Å²) in [5, 5.41) is 0. The third kappa shape index (κ3) is 6.11. The van der Waals surface area contributed by atoms with Crippen LogP contribution in [0.3, 0.4) is 0 Å². The summed E-state index contributed by atoms with van der Waals surface area (Å²) in [5.41, 5.74) is 3.79. The predicted octanol–water partition coefficient (Wildman–Crippen LogP) is 4.68. The van der Waals surface area contributed by atoms with Gasteiger partial charge in [0.15, 0.2) is 0 Å². The predicted molar refractivity (Wildman–Crippen MR) is 127 cm³/mol. The Morgan fingerprint density at radius 3 is 1.88 bits per heavy atom. The van der Waals surface area contributed by atoms with Crippen molar-refractivity contribution >= 4 is 11.9 Å². The smallest absolute Gasteiger partial charge is 0.336 e. The molecule has 0 fully saturated rings. The van der Waals surface area contributed by atoms with Crippen molar-refractivity contribution in [2.75, 3.05) is 33.5 Å². The molecule has 0 aromatic heterocycles. The summed E-state index contributed by atoms with van der Waals surface area (Å²) in [6.07, 6.45) is 4.28. The molecule has 0 aliphatic carbocycles. The molecule has 6 heteroatoms. The van der Waals surface area contributed by atoms with E-state index in [1.807, 2.05) is 59.5 Å². The molecule has 0 N–H and O–H groups in total. The number of methoxy groups -OCH3 is 1. The number of nitrogens with zero attached hydrogens (tertiary/aromatic N) is 1. The Kier molecular flexibility index (Phi) is 8.84. The molecular weight excluding hydrogens is 418 g/mol. The molecule has 1 aliphatic rings. The van der Waals surface area contributed by atoms with Crippen molar-refractivity contribution in [3.8, 4) is 11.1 Å². The molecule has 3 rings (SSSR count). The van der Waals surface area contributed by atoms with E-state index in [4.69, 9.17) is 14.2 Å². The second-order valence-electron chi connectivity index (χ2n) is 7.62. The standard InChI is InChI=1S/C27H31NO5/c1-4-32-26(29)23-18-28(16-9-17-31-3)19-24(27(30)33-5-2)25(23)22-14-12-21(13-15-22)20-10-7-6-8-11-20/h6-8,10-15,18-19,25H,4-5,9,16-17H2,1-3H3. The highest BCUT2D eigenvalue weighted by atomic mass is 16.5. The van der Waals surface area contributed by atoms with Crippen LogP contribution < -0.4 is 0 Å². The SMILES string of the molecule is CCOC(=O)C1=CN(CCCOC)C=C(C(=O)OCC)C1c1ccc(-c2ccccc2)cc1. The minimum absolute atomic E-state index is 0.248. The lowest BCUT2D eigenvalue weighted by molar-refractivity contribution is -0.139. The number of ether oxygens (including phenoxy) is 3. The molecule has 1 heterocycles. The quantitative estimate of drug-likeness (QED) is 0.388. The van der Waals surface area contributed by atoms with Gasteiger partial charge in [-0.1, -0.05) is 54.6 Å². The first-order valence-electron chi connectivity index (χ1n) is 11.3. The van der Waals surface area contributed by atoms with Gasteiger partial charge < -0.3 is 19.1 Å². The third-order valence-electron chi connectivity index (χ3n) is 5.37. The Morgan fingerprint density at radius 1 is 0.818 bits per heavy atom.